The third kappa shape index (κ3) is 4.93. The van der Waals surface area contributed by atoms with Crippen molar-refractivity contribution in [1.82, 2.24) is 14.8 Å². The van der Waals surface area contributed by atoms with E-state index in [1.54, 1.807) is 54.5 Å². The third-order valence-electron chi connectivity index (χ3n) is 3.85. The molecule has 3 rings (SSSR count). The Morgan fingerprint density at radius 3 is 2.48 bits per heavy atom. The van der Waals surface area contributed by atoms with Crippen molar-refractivity contribution in [2.24, 2.45) is 7.05 Å². The van der Waals surface area contributed by atoms with Gasteiger partial charge >= 0.3 is 6.18 Å². The number of aromatic nitrogens is 3. The van der Waals surface area contributed by atoms with E-state index in [2.05, 4.69) is 15.4 Å². The fourth-order valence-corrected chi connectivity index (χ4v) is 2.62. The maximum absolute atomic E-state index is 13.0. The summed E-state index contributed by atoms with van der Waals surface area (Å²) in [5, 5.41) is 6.88. The first-order valence-electron chi connectivity index (χ1n) is 8.19. The standard InChI is InChI=1S/C19H17F3N4O/c1-26-12-13(11-23-26)9-16(27)10-14-7-8-17(19(20,21)22)25-18(14)24-15-5-3-2-4-6-15/h2-8,11-12H,9-10H2,1H3,(H,24,25). The van der Waals surface area contributed by atoms with Crippen molar-refractivity contribution in [1.29, 1.82) is 0 Å². The molecule has 2 aromatic heterocycles. The van der Waals surface area contributed by atoms with E-state index in [-0.39, 0.29) is 24.4 Å². The van der Waals surface area contributed by atoms with Crippen LogP contribution in [0, 0.1) is 0 Å². The van der Waals surface area contributed by atoms with Crippen LogP contribution in [0.4, 0.5) is 24.7 Å². The molecule has 5 nitrogen and oxygen atoms in total. The van der Waals surface area contributed by atoms with Gasteiger partial charge in [0.25, 0.3) is 0 Å². The highest BCUT2D eigenvalue weighted by atomic mass is 19.4. The van der Waals surface area contributed by atoms with Gasteiger partial charge in [-0.2, -0.15) is 18.3 Å². The molecule has 0 bridgehead atoms. The lowest BCUT2D eigenvalue weighted by Crippen LogP contribution is -2.13. The Kier molecular flexibility index (Phi) is 5.25. The van der Waals surface area contributed by atoms with E-state index < -0.39 is 11.9 Å². The van der Waals surface area contributed by atoms with Gasteiger partial charge in [0.15, 0.2) is 0 Å². The molecule has 0 fully saturated rings. The predicted octanol–water partition coefficient (Wildman–Crippen LogP) is 3.93. The maximum atomic E-state index is 13.0. The van der Waals surface area contributed by atoms with Crippen LogP contribution in [0.3, 0.4) is 0 Å². The van der Waals surface area contributed by atoms with Crippen LogP contribution in [0.25, 0.3) is 0 Å². The Hall–Kier alpha value is -3.16. The SMILES string of the molecule is Cn1cc(CC(=O)Cc2ccc(C(F)(F)F)nc2Nc2ccccc2)cn1. The topological polar surface area (TPSA) is 59.8 Å². The number of benzene rings is 1. The highest BCUT2D eigenvalue weighted by molar-refractivity contribution is 5.84. The molecule has 0 aliphatic rings. The molecule has 0 unspecified atom stereocenters. The molecule has 0 aliphatic heterocycles. The molecule has 1 N–H and O–H groups in total. The van der Waals surface area contributed by atoms with Crippen LogP contribution in [0.1, 0.15) is 16.8 Å². The molecule has 8 heteroatoms. The number of carbonyl (C=O) groups is 1. The summed E-state index contributed by atoms with van der Waals surface area (Å²) in [7, 11) is 1.75. The zero-order valence-corrected chi connectivity index (χ0v) is 14.5. The number of pyridine rings is 1. The molecular formula is C19H17F3N4O. The lowest BCUT2D eigenvalue weighted by Gasteiger charge is -2.14. The fraction of sp³-hybridized carbons (Fsp3) is 0.211. The van der Waals surface area contributed by atoms with Gasteiger partial charge in [0.05, 0.1) is 6.20 Å². The fourth-order valence-electron chi connectivity index (χ4n) is 2.62. The number of hydrogen-bond donors (Lipinski definition) is 1. The molecular weight excluding hydrogens is 357 g/mol. The van der Waals surface area contributed by atoms with Gasteiger partial charge in [-0.15, -0.1) is 0 Å². The summed E-state index contributed by atoms with van der Waals surface area (Å²) in [6.07, 6.45) is -1.13. The van der Waals surface area contributed by atoms with Crippen molar-refractivity contribution in [2.45, 2.75) is 19.0 Å². The molecule has 3 aromatic rings. The molecule has 0 saturated carbocycles. The number of hydrogen-bond acceptors (Lipinski definition) is 4. The Labute approximate surface area is 153 Å². The van der Waals surface area contributed by atoms with E-state index in [9.17, 15) is 18.0 Å². The van der Waals surface area contributed by atoms with Gasteiger partial charge < -0.3 is 5.32 Å². The van der Waals surface area contributed by atoms with Crippen LogP contribution in [-0.2, 0) is 30.9 Å². The largest absolute Gasteiger partial charge is 0.433 e. The monoisotopic (exact) mass is 374 g/mol. The lowest BCUT2D eigenvalue weighted by molar-refractivity contribution is -0.141. The van der Waals surface area contributed by atoms with Gasteiger partial charge in [0.1, 0.15) is 17.3 Å². The number of alkyl halides is 3. The molecule has 2 heterocycles. The van der Waals surface area contributed by atoms with E-state index in [4.69, 9.17) is 0 Å². The molecule has 0 radical (unpaired) electrons. The second-order valence-electron chi connectivity index (χ2n) is 6.11. The van der Waals surface area contributed by atoms with Gasteiger partial charge in [-0.3, -0.25) is 9.48 Å². The number of ketones is 1. The minimum Gasteiger partial charge on any atom is -0.340 e. The number of carbonyl (C=O) groups excluding carboxylic acids is 1. The summed E-state index contributed by atoms with van der Waals surface area (Å²) in [4.78, 5) is 16.1. The quantitative estimate of drug-likeness (QED) is 0.710. The Morgan fingerprint density at radius 2 is 1.85 bits per heavy atom. The Bertz CT molecular complexity index is 936. The first-order valence-corrected chi connectivity index (χ1v) is 8.19. The zero-order chi connectivity index (χ0) is 19.4. The van der Waals surface area contributed by atoms with E-state index in [1.165, 1.54) is 6.07 Å². The van der Waals surface area contributed by atoms with Crippen molar-refractivity contribution in [3.8, 4) is 0 Å². The summed E-state index contributed by atoms with van der Waals surface area (Å²) < 4.78 is 40.7. The molecule has 0 spiro atoms. The number of Topliss-reactive ketones (excluding diaryl/α,β-unsaturated/α-hetero) is 1. The smallest absolute Gasteiger partial charge is 0.340 e. The summed E-state index contributed by atoms with van der Waals surface area (Å²) in [6, 6.07) is 10.9. The van der Waals surface area contributed by atoms with Crippen molar-refractivity contribution in [2.75, 3.05) is 5.32 Å². The second kappa shape index (κ2) is 7.61. The van der Waals surface area contributed by atoms with Crippen molar-refractivity contribution >= 4 is 17.3 Å². The van der Waals surface area contributed by atoms with Gasteiger partial charge in [0.2, 0.25) is 0 Å². The average molecular weight is 374 g/mol. The molecule has 0 saturated heterocycles. The van der Waals surface area contributed by atoms with Crippen LogP contribution >= 0.6 is 0 Å². The number of para-hydroxylation sites is 1. The Morgan fingerprint density at radius 1 is 1.11 bits per heavy atom. The van der Waals surface area contributed by atoms with E-state index in [0.29, 0.717) is 11.3 Å². The Balaban J connectivity index is 1.85. The highest BCUT2D eigenvalue weighted by Crippen LogP contribution is 2.30. The number of anilines is 2. The summed E-state index contributed by atoms with van der Waals surface area (Å²) >= 11 is 0. The van der Waals surface area contributed by atoms with Crippen LogP contribution in [0.2, 0.25) is 0 Å². The second-order valence-corrected chi connectivity index (χ2v) is 6.11. The zero-order valence-electron chi connectivity index (χ0n) is 14.5. The summed E-state index contributed by atoms with van der Waals surface area (Å²) in [5.74, 6) is -0.115. The lowest BCUT2D eigenvalue weighted by atomic mass is 10.0. The molecule has 0 aliphatic carbocycles. The average Bonchev–Trinajstić information content (AvgIpc) is 3.01. The van der Waals surface area contributed by atoms with E-state index in [0.717, 1.165) is 11.6 Å². The van der Waals surface area contributed by atoms with Crippen molar-refractivity contribution in [3.05, 3.63) is 71.7 Å². The van der Waals surface area contributed by atoms with Gasteiger partial charge in [-0.1, -0.05) is 24.3 Å². The third-order valence-corrected chi connectivity index (χ3v) is 3.85. The number of aryl methyl sites for hydroxylation is 1. The minimum atomic E-state index is -4.56. The first-order chi connectivity index (χ1) is 12.8. The van der Waals surface area contributed by atoms with Crippen LogP contribution < -0.4 is 5.32 Å². The maximum Gasteiger partial charge on any atom is 0.433 e. The van der Waals surface area contributed by atoms with Gasteiger partial charge in [0, 0.05) is 37.3 Å². The van der Waals surface area contributed by atoms with Gasteiger partial charge in [-0.25, -0.2) is 4.98 Å². The molecule has 27 heavy (non-hydrogen) atoms. The summed E-state index contributed by atoms with van der Waals surface area (Å²) in [6.45, 7) is 0. The number of nitrogens with one attached hydrogen (secondary N) is 1. The van der Waals surface area contributed by atoms with E-state index >= 15 is 0 Å². The van der Waals surface area contributed by atoms with Crippen molar-refractivity contribution < 1.29 is 18.0 Å². The first kappa shape index (κ1) is 18.6. The minimum absolute atomic E-state index is 0.0237. The predicted molar refractivity (Wildman–Crippen MR) is 94.6 cm³/mol. The van der Waals surface area contributed by atoms with Crippen LogP contribution in [0.5, 0.6) is 0 Å². The van der Waals surface area contributed by atoms with Crippen LogP contribution in [0.15, 0.2) is 54.9 Å². The highest BCUT2D eigenvalue weighted by Gasteiger charge is 2.33. The van der Waals surface area contributed by atoms with Crippen LogP contribution in [-0.4, -0.2) is 20.5 Å². The molecule has 1 aromatic carbocycles. The molecule has 0 atom stereocenters. The number of rotatable bonds is 6. The number of nitrogens with zero attached hydrogens (tertiary/aromatic N) is 3. The number of halogens is 3. The van der Waals surface area contributed by atoms with Crippen molar-refractivity contribution in [3.63, 3.8) is 0 Å². The van der Waals surface area contributed by atoms with E-state index in [1.807, 2.05) is 0 Å². The van der Waals surface area contributed by atoms with Gasteiger partial charge in [-0.05, 0) is 23.8 Å². The molecule has 0 amide bonds. The summed E-state index contributed by atoms with van der Waals surface area (Å²) in [5.41, 5.74) is 0.732. The normalized spacial score (nSPS) is 11.4. The molecule has 140 valence electrons.